The molecule has 1 aliphatic carbocycles. The number of benzene rings is 1. The number of hydrogen-bond acceptors (Lipinski definition) is 9. The Kier molecular flexibility index (Phi) is 6.89. The molecule has 3 heterocycles. The number of aromatic nitrogens is 7. The van der Waals surface area contributed by atoms with Crippen molar-refractivity contribution >= 4 is 29.3 Å². The SMILES string of the molecule is Cc1ccccc1Nc1nc(N)nc(CSc2nnc(-c3cccnc3)n2C2CCCCC2C)n1. The van der Waals surface area contributed by atoms with Crippen LogP contribution in [0.25, 0.3) is 11.4 Å². The van der Waals surface area contributed by atoms with E-state index in [9.17, 15) is 0 Å². The number of aryl methyl sites for hydroxylation is 1. The van der Waals surface area contributed by atoms with E-state index < -0.39 is 0 Å². The van der Waals surface area contributed by atoms with E-state index >= 15 is 0 Å². The number of nitrogens with zero attached hydrogens (tertiary/aromatic N) is 7. The fourth-order valence-corrected chi connectivity index (χ4v) is 5.41. The molecule has 1 fully saturated rings. The van der Waals surface area contributed by atoms with Gasteiger partial charge in [0.1, 0.15) is 5.82 Å². The average Bonchev–Trinajstić information content (AvgIpc) is 3.28. The first-order valence-electron chi connectivity index (χ1n) is 11.9. The molecule has 180 valence electrons. The minimum absolute atomic E-state index is 0.185. The summed E-state index contributed by atoms with van der Waals surface area (Å²) in [6.07, 6.45) is 8.42. The molecule has 0 amide bonds. The van der Waals surface area contributed by atoms with Gasteiger partial charge in [-0.05, 0) is 49.4 Å². The summed E-state index contributed by atoms with van der Waals surface area (Å²) in [5.74, 6) is 3.11. The second kappa shape index (κ2) is 10.4. The fraction of sp³-hybridized carbons (Fsp3) is 0.360. The zero-order valence-corrected chi connectivity index (χ0v) is 20.7. The third-order valence-corrected chi connectivity index (χ3v) is 7.34. The van der Waals surface area contributed by atoms with E-state index in [1.807, 2.05) is 49.5 Å². The molecule has 35 heavy (non-hydrogen) atoms. The molecule has 3 aromatic heterocycles. The van der Waals surface area contributed by atoms with E-state index in [2.05, 4.69) is 46.9 Å². The van der Waals surface area contributed by atoms with Crippen molar-refractivity contribution in [3.05, 3.63) is 60.2 Å². The van der Waals surface area contributed by atoms with Crippen molar-refractivity contribution in [2.24, 2.45) is 5.92 Å². The molecule has 10 heteroatoms. The Bertz CT molecular complexity index is 1290. The van der Waals surface area contributed by atoms with Gasteiger partial charge in [0.2, 0.25) is 11.9 Å². The third-order valence-electron chi connectivity index (χ3n) is 6.40. The molecule has 1 aromatic carbocycles. The van der Waals surface area contributed by atoms with Gasteiger partial charge in [0.05, 0.1) is 5.75 Å². The van der Waals surface area contributed by atoms with Gasteiger partial charge >= 0.3 is 0 Å². The van der Waals surface area contributed by atoms with Crippen molar-refractivity contribution in [2.75, 3.05) is 11.1 Å². The van der Waals surface area contributed by atoms with Gasteiger partial charge in [-0.3, -0.25) is 9.55 Å². The Morgan fingerprint density at radius 3 is 2.71 bits per heavy atom. The largest absolute Gasteiger partial charge is 0.368 e. The van der Waals surface area contributed by atoms with E-state index in [0.717, 1.165) is 34.2 Å². The Balaban J connectivity index is 1.41. The summed E-state index contributed by atoms with van der Waals surface area (Å²) >= 11 is 1.57. The molecule has 5 rings (SSSR count). The van der Waals surface area contributed by atoms with Crippen LogP contribution in [0.15, 0.2) is 53.9 Å². The highest BCUT2D eigenvalue weighted by Gasteiger charge is 2.29. The highest BCUT2D eigenvalue weighted by Crippen LogP contribution is 2.39. The van der Waals surface area contributed by atoms with Gasteiger partial charge in [-0.15, -0.1) is 10.2 Å². The summed E-state index contributed by atoms with van der Waals surface area (Å²) in [6.45, 7) is 4.35. The molecule has 2 atom stereocenters. The first kappa shape index (κ1) is 23.2. The number of para-hydroxylation sites is 1. The van der Waals surface area contributed by atoms with Crippen molar-refractivity contribution in [1.82, 2.24) is 34.7 Å². The van der Waals surface area contributed by atoms with Crippen LogP contribution in [0.2, 0.25) is 0 Å². The molecule has 1 aliphatic rings. The molecule has 0 bridgehead atoms. The predicted octanol–water partition coefficient (Wildman–Crippen LogP) is 5.20. The Hall–Kier alpha value is -3.53. The molecule has 0 spiro atoms. The van der Waals surface area contributed by atoms with Gasteiger partial charge in [-0.1, -0.05) is 49.7 Å². The van der Waals surface area contributed by atoms with E-state index in [0.29, 0.717) is 29.5 Å². The third kappa shape index (κ3) is 5.27. The summed E-state index contributed by atoms with van der Waals surface area (Å²) in [7, 11) is 0. The van der Waals surface area contributed by atoms with E-state index in [-0.39, 0.29) is 5.95 Å². The summed E-state index contributed by atoms with van der Waals surface area (Å²) in [4.78, 5) is 17.5. The number of nitrogens with two attached hydrogens (primary N) is 1. The first-order chi connectivity index (χ1) is 17.1. The van der Waals surface area contributed by atoms with Crippen molar-refractivity contribution in [3.8, 4) is 11.4 Å². The van der Waals surface area contributed by atoms with Crippen LogP contribution < -0.4 is 11.1 Å². The van der Waals surface area contributed by atoms with Crippen LogP contribution in [-0.4, -0.2) is 34.7 Å². The van der Waals surface area contributed by atoms with Gasteiger partial charge < -0.3 is 11.1 Å². The number of pyridine rings is 1. The van der Waals surface area contributed by atoms with Gasteiger partial charge in [0.15, 0.2) is 11.0 Å². The summed E-state index contributed by atoms with van der Waals surface area (Å²) in [5.41, 5.74) is 9.02. The molecule has 2 unspecified atom stereocenters. The number of anilines is 3. The first-order valence-corrected chi connectivity index (χ1v) is 12.9. The molecular formula is C25H29N9S. The maximum absolute atomic E-state index is 6.01. The highest BCUT2D eigenvalue weighted by molar-refractivity contribution is 7.98. The van der Waals surface area contributed by atoms with Gasteiger partial charge in [-0.25, -0.2) is 0 Å². The Morgan fingerprint density at radius 2 is 1.91 bits per heavy atom. The topological polar surface area (TPSA) is 120 Å². The van der Waals surface area contributed by atoms with Crippen LogP contribution >= 0.6 is 11.8 Å². The average molecular weight is 488 g/mol. The lowest BCUT2D eigenvalue weighted by Crippen LogP contribution is -2.22. The summed E-state index contributed by atoms with van der Waals surface area (Å²) < 4.78 is 2.29. The molecule has 0 aliphatic heterocycles. The van der Waals surface area contributed by atoms with Crippen LogP contribution in [0.3, 0.4) is 0 Å². The number of nitrogens with one attached hydrogen (secondary N) is 1. The fourth-order valence-electron chi connectivity index (χ4n) is 4.57. The van der Waals surface area contributed by atoms with Crippen LogP contribution in [-0.2, 0) is 5.75 Å². The number of nitrogen functional groups attached to an aromatic ring is 1. The second-order valence-corrected chi connectivity index (χ2v) is 9.85. The molecule has 3 N–H and O–H groups in total. The lowest BCUT2D eigenvalue weighted by atomic mass is 9.85. The molecule has 0 radical (unpaired) electrons. The van der Waals surface area contributed by atoms with Crippen molar-refractivity contribution in [3.63, 3.8) is 0 Å². The zero-order valence-electron chi connectivity index (χ0n) is 19.9. The normalized spacial score (nSPS) is 17.9. The van der Waals surface area contributed by atoms with Crippen LogP contribution in [0, 0.1) is 12.8 Å². The predicted molar refractivity (Wildman–Crippen MR) is 138 cm³/mol. The number of hydrogen-bond donors (Lipinski definition) is 2. The molecular weight excluding hydrogens is 458 g/mol. The van der Waals surface area contributed by atoms with Crippen LogP contribution in [0.5, 0.6) is 0 Å². The van der Waals surface area contributed by atoms with Crippen LogP contribution in [0.1, 0.15) is 50.0 Å². The Labute approximate surface area is 209 Å². The smallest absolute Gasteiger partial charge is 0.232 e. The maximum atomic E-state index is 6.01. The summed E-state index contributed by atoms with van der Waals surface area (Å²) in [5, 5.41) is 13.3. The lowest BCUT2D eigenvalue weighted by Gasteiger charge is -2.31. The molecule has 0 saturated heterocycles. The van der Waals surface area contributed by atoms with E-state index in [1.54, 1.807) is 18.0 Å². The minimum Gasteiger partial charge on any atom is -0.368 e. The quantitative estimate of drug-likeness (QED) is 0.339. The zero-order chi connectivity index (χ0) is 24.2. The molecule has 9 nitrogen and oxygen atoms in total. The maximum Gasteiger partial charge on any atom is 0.232 e. The van der Waals surface area contributed by atoms with E-state index in [4.69, 9.17) is 5.73 Å². The van der Waals surface area contributed by atoms with Crippen molar-refractivity contribution < 1.29 is 0 Å². The summed E-state index contributed by atoms with van der Waals surface area (Å²) in [6, 6.07) is 12.3. The van der Waals surface area contributed by atoms with Gasteiger partial charge in [0.25, 0.3) is 0 Å². The van der Waals surface area contributed by atoms with Crippen LogP contribution in [0.4, 0.5) is 17.6 Å². The standard InChI is InChI=1S/C25H29N9S/c1-16-8-3-5-11-19(16)28-24-30-21(29-23(26)31-24)15-35-25-33-32-22(18-10-7-13-27-14-18)34(25)20-12-6-4-9-17(20)2/h3,5,7-8,10-11,13-14,17,20H,4,6,9,12,15H2,1-2H3,(H3,26,28,29,30,31). The van der Waals surface area contributed by atoms with Crippen molar-refractivity contribution in [1.29, 1.82) is 0 Å². The second-order valence-electron chi connectivity index (χ2n) is 8.91. The number of rotatable bonds is 7. The highest BCUT2D eigenvalue weighted by atomic mass is 32.2. The van der Waals surface area contributed by atoms with Gasteiger partial charge in [-0.2, -0.15) is 15.0 Å². The van der Waals surface area contributed by atoms with Crippen molar-refractivity contribution in [2.45, 2.75) is 56.5 Å². The number of thioether (sulfide) groups is 1. The van der Waals surface area contributed by atoms with E-state index in [1.165, 1.54) is 19.3 Å². The Morgan fingerprint density at radius 1 is 1.06 bits per heavy atom. The monoisotopic (exact) mass is 487 g/mol. The minimum atomic E-state index is 0.185. The van der Waals surface area contributed by atoms with Gasteiger partial charge in [0, 0.05) is 29.7 Å². The lowest BCUT2D eigenvalue weighted by molar-refractivity contribution is 0.247. The molecule has 1 saturated carbocycles. The molecule has 4 aromatic rings.